The van der Waals surface area contributed by atoms with Crippen LogP contribution in [0.3, 0.4) is 0 Å². The third-order valence-corrected chi connectivity index (χ3v) is 10.2. The number of nitrogens with one attached hydrogen (secondary N) is 2. The molecule has 0 bridgehead atoms. The minimum atomic E-state index is 0.786. The average molecular weight is 627 g/mol. The monoisotopic (exact) mass is 626 g/mol. The summed E-state index contributed by atoms with van der Waals surface area (Å²) >= 11 is 1.72. The molecule has 240 valence electrons. The summed E-state index contributed by atoms with van der Waals surface area (Å²) in [6.45, 7) is 15.8. The molecular weight excluding hydrogens is 577 g/mol. The molecule has 45 heavy (non-hydrogen) atoms. The molecule has 0 atom stereocenters. The summed E-state index contributed by atoms with van der Waals surface area (Å²) in [4.78, 5) is 20.0. The second-order valence-electron chi connectivity index (χ2n) is 12.8. The van der Waals surface area contributed by atoms with Crippen molar-refractivity contribution in [1.82, 2.24) is 40.2 Å². The van der Waals surface area contributed by atoms with Crippen molar-refractivity contribution in [3.8, 4) is 22.6 Å². The number of nitrogens with zero attached hydrogens (tertiary/aromatic N) is 6. The van der Waals surface area contributed by atoms with Gasteiger partial charge in [-0.3, -0.25) is 0 Å². The van der Waals surface area contributed by atoms with Crippen molar-refractivity contribution in [2.75, 3.05) is 92.6 Å². The van der Waals surface area contributed by atoms with Gasteiger partial charge in [-0.05, 0) is 75.7 Å². The van der Waals surface area contributed by atoms with E-state index in [-0.39, 0.29) is 0 Å². The Labute approximate surface area is 273 Å². The van der Waals surface area contributed by atoms with Crippen molar-refractivity contribution < 1.29 is 0 Å². The van der Waals surface area contributed by atoms with Gasteiger partial charge in [0.25, 0.3) is 0 Å². The number of benzene rings is 2. The molecule has 4 aromatic rings. The molecule has 2 saturated heterocycles. The van der Waals surface area contributed by atoms with Gasteiger partial charge in [-0.15, -0.1) is 11.3 Å². The number of fused-ring (bicyclic) bond motifs is 1. The zero-order valence-electron chi connectivity index (χ0n) is 27.2. The van der Waals surface area contributed by atoms with Crippen LogP contribution in [-0.4, -0.2) is 122 Å². The maximum absolute atomic E-state index is 5.10. The number of hydrogen-bond donors (Lipinski definition) is 2. The van der Waals surface area contributed by atoms with E-state index in [0.717, 1.165) is 59.0 Å². The molecule has 8 nitrogen and oxygen atoms in total. The number of thiophene rings is 1. The molecule has 2 aliphatic rings. The first-order valence-corrected chi connectivity index (χ1v) is 17.7. The van der Waals surface area contributed by atoms with Crippen LogP contribution >= 0.6 is 11.3 Å². The lowest BCUT2D eigenvalue weighted by Crippen LogP contribution is -2.45. The first kappa shape index (κ1) is 32.2. The van der Waals surface area contributed by atoms with Gasteiger partial charge in [-0.2, -0.15) is 0 Å². The minimum Gasteiger partial charge on any atom is -0.313 e. The largest absolute Gasteiger partial charge is 0.313 e. The fraction of sp³-hybridized carbons (Fsp3) is 0.500. The van der Waals surface area contributed by atoms with Crippen molar-refractivity contribution in [2.24, 2.45) is 0 Å². The van der Waals surface area contributed by atoms with Crippen LogP contribution in [0.2, 0.25) is 0 Å². The smallest absolute Gasteiger partial charge is 0.160 e. The van der Waals surface area contributed by atoms with E-state index in [4.69, 9.17) is 9.97 Å². The highest BCUT2D eigenvalue weighted by atomic mass is 32.1. The third-order valence-electron chi connectivity index (χ3n) is 9.25. The van der Waals surface area contributed by atoms with Gasteiger partial charge in [0.05, 0.1) is 15.9 Å². The van der Waals surface area contributed by atoms with E-state index in [1.807, 2.05) is 0 Å². The van der Waals surface area contributed by atoms with Gasteiger partial charge in [0.1, 0.15) is 0 Å². The molecular formula is C36H50N8S. The molecule has 4 heterocycles. The van der Waals surface area contributed by atoms with Crippen LogP contribution in [0.1, 0.15) is 24.0 Å². The highest BCUT2D eigenvalue weighted by Gasteiger charge is 2.15. The van der Waals surface area contributed by atoms with Crippen molar-refractivity contribution in [3.63, 3.8) is 0 Å². The summed E-state index contributed by atoms with van der Waals surface area (Å²) in [6, 6.07) is 19.7. The Morgan fingerprint density at radius 2 is 1.13 bits per heavy atom. The van der Waals surface area contributed by atoms with Crippen molar-refractivity contribution in [2.45, 2.75) is 25.9 Å². The van der Waals surface area contributed by atoms with Gasteiger partial charge in [0.2, 0.25) is 0 Å². The van der Waals surface area contributed by atoms with Gasteiger partial charge in [0.15, 0.2) is 5.82 Å². The normalized spacial score (nSPS) is 17.4. The zero-order chi connectivity index (χ0) is 30.8. The molecule has 6 rings (SSSR count). The van der Waals surface area contributed by atoms with Gasteiger partial charge in [-0.25, -0.2) is 9.97 Å². The molecule has 2 N–H and O–H groups in total. The fourth-order valence-corrected chi connectivity index (χ4v) is 7.05. The third kappa shape index (κ3) is 9.16. The van der Waals surface area contributed by atoms with Crippen LogP contribution < -0.4 is 10.6 Å². The second-order valence-corrected chi connectivity index (χ2v) is 13.7. The maximum Gasteiger partial charge on any atom is 0.160 e. The lowest BCUT2D eigenvalue weighted by atomic mass is 10.1. The van der Waals surface area contributed by atoms with Crippen LogP contribution in [0, 0.1) is 0 Å². The molecule has 2 aliphatic heterocycles. The number of hydrogen-bond acceptors (Lipinski definition) is 9. The molecule has 2 aromatic heterocycles. The molecule has 0 amide bonds. The lowest BCUT2D eigenvalue weighted by Gasteiger charge is -2.32. The Hall–Kier alpha value is -2.76. The van der Waals surface area contributed by atoms with Gasteiger partial charge < -0.3 is 30.2 Å². The molecule has 0 saturated carbocycles. The standard InChI is InChI=1S/C36H50N8S/c1-41-18-22-43(23-19-41)16-3-14-37-27-29-5-9-31(10-6-29)34-35-33(13-26-45-35)39-36(40-34)32-11-7-30(8-12-32)28-38-15-4-17-44-24-20-42(2)21-25-44/h5-13,26,37-38H,3-4,14-25,27-28H2,1-2H3. The van der Waals surface area contributed by atoms with Crippen molar-refractivity contribution in [3.05, 3.63) is 71.1 Å². The molecule has 0 spiro atoms. The van der Waals surface area contributed by atoms with E-state index in [2.05, 4.69) is 104 Å². The Bertz CT molecular complexity index is 1450. The zero-order valence-corrected chi connectivity index (χ0v) is 28.0. The van der Waals surface area contributed by atoms with Crippen LogP contribution in [0.4, 0.5) is 0 Å². The highest BCUT2D eigenvalue weighted by molar-refractivity contribution is 7.17. The molecule has 0 radical (unpaired) electrons. The van der Waals surface area contributed by atoms with Crippen LogP contribution in [0.5, 0.6) is 0 Å². The Balaban J connectivity index is 0.998. The summed E-state index contributed by atoms with van der Waals surface area (Å²) < 4.78 is 1.14. The topological polar surface area (TPSA) is 62.8 Å². The number of likely N-dealkylation sites (N-methyl/N-ethyl adjacent to an activating group) is 2. The van der Waals surface area contributed by atoms with Crippen molar-refractivity contribution >= 4 is 21.6 Å². The number of piperazine rings is 2. The van der Waals surface area contributed by atoms with Gasteiger partial charge in [-0.1, -0.05) is 48.5 Å². The van der Waals surface area contributed by atoms with Crippen LogP contribution in [0.15, 0.2) is 60.0 Å². The van der Waals surface area contributed by atoms with E-state index in [1.165, 1.54) is 89.4 Å². The Morgan fingerprint density at radius 3 is 1.67 bits per heavy atom. The van der Waals surface area contributed by atoms with E-state index in [1.54, 1.807) is 11.3 Å². The molecule has 2 aromatic carbocycles. The van der Waals surface area contributed by atoms with E-state index < -0.39 is 0 Å². The average Bonchev–Trinajstić information content (AvgIpc) is 3.55. The summed E-state index contributed by atoms with van der Waals surface area (Å²) in [5, 5.41) is 9.38. The summed E-state index contributed by atoms with van der Waals surface area (Å²) in [5.41, 5.74) is 6.82. The van der Waals surface area contributed by atoms with E-state index in [0.29, 0.717) is 0 Å². The van der Waals surface area contributed by atoms with E-state index >= 15 is 0 Å². The van der Waals surface area contributed by atoms with Gasteiger partial charge in [0, 0.05) is 76.6 Å². The summed E-state index contributed by atoms with van der Waals surface area (Å²) in [6.07, 6.45) is 2.38. The van der Waals surface area contributed by atoms with E-state index in [9.17, 15) is 0 Å². The van der Waals surface area contributed by atoms with Crippen LogP contribution in [-0.2, 0) is 13.1 Å². The number of aromatic nitrogens is 2. The molecule has 0 unspecified atom stereocenters. The lowest BCUT2D eigenvalue weighted by molar-refractivity contribution is 0.153. The second kappa shape index (κ2) is 16.2. The molecule has 9 heteroatoms. The minimum absolute atomic E-state index is 0.786. The van der Waals surface area contributed by atoms with Gasteiger partial charge >= 0.3 is 0 Å². The highest BCUT2D eigenvalue weighted by Crippen LogP contribution is 2.32. The predicted molar refractivity (Wildman–Crippen MR) is 189 cm³/mol. The fourth-order valence-electron chi connectivity index (χ4n) is 6.20. The SMILES string of the molecule is CN1CCN(CCCNCc2ccc(-c3nc(-c4ccc(CNCCCN5CCN(C)CC5)cc4)c4sccc4n3)cc2)CC1. The van der Waals surface area contributed by atoms with Crippen LogP contribution in [0.25, 0.3) is 32.9 Å². The van der Waals surface area contributed by atoms with Crippen molar-refractivity contribution in [1.29, 1.82) is 0 Å². The Morgan fingerprint density at radius 1 is 0.622 bits per heavy atom. The maximum atomic E-state index is 5.10. The first-order chi connectivity index (χ1) is 22.1. The molecule has 0 aliphatic carbocycles. The Kier molecular flexibility index (Phi) is 11.6. The first-order valence-electron chi connectivity index (χ1n) is 16.8. The number of rotatable bonds is 14. The summed E-state index contributed by atoms with van der Waals surface area (Å²) in [5.74, 6) is 0.786. The quantitative estimate of drug-likeness (QED) is 0.199. The molecule has 2 fully saturated rings. The predicted octanol–water partition coefficient (Wildman–Crippen LogP) is 4.48. The summed E-state index contributed by atoms with van der Waals surface area (Å²) in [7, 11) is 4.43.